The Labute approximate surface area is 85.5 Å². The van der Waals surface area contributed by atoms with E-state index in [1.165, 1.54) is 0 Å². The van der Waals surface area contributed by atoms with Crippen molar-refractivity contribution >= 4 is 0 Å². The molecule has 0 amide bonds. The van der Waals surface area contributed by atoms with Gasteiger partial charge in [-0.25, -0.2) is 0 Å². The SMILES string of the molecule is CCCn1c(C)nnc1CC(C)CN. The van der Waals surface area contributed by atoms with Crippen molar-refractivity contribution in [2.45, 2.75) is 40.2 Å². The van der Waals surface area contributed by atoms with Crippen LogP contribution in [0.25, 0.3) is 0 Å². The van der Waals surface area contributed by atoms with Crippen molar-refractivity contribution in [3.05, 3.63) is 11.6 Å². The van der Waals surface area contributed by atoms with Crippen molar-refractivity contribution in [2.24, 2.45) is 11.7 Å². The first-order chi connectivity index (χ1) is 6.69. The number of rotatable bonds is 5. The minimum atomic E-state index is 0.481. The first kappa shape index (κ1) is 11.2. The highest BCUT2D eigenvalue weighted by Gasteiger charge is 2.10. The normalized spacial score (nSPS) is 13.1. The van der Waals surface area contributed by atoms with E-state index in [1.54, 1.807) is 0 Å². The van der Waals surface area contributed by atoms with E-state index in [9.17, 15) is 0 Å². The summed E-state index contributed by atoms with van der Waals surface area (Å²) in [6, 6.07) is 0. The van der Waals surface area contributed by atoms with Crippen LogP contribution in [-0.4, -0.2) is 21.3 Å². The molecule has 0 aliphatic heterocycles. The molecule has 0 spiro atoms. The minimum absolute atomic E-state index is 0.481. The lowest BCUT2D eigenvalue weighted by Crippen LogP contribution is -2.16. The van der Waals surface area contributed by atoms with Gasteiger partial charge in [-0.1, -0.05) is 13.8 Å². The van der Waals surface area contributed by atoms with E-state index in [-0.39, 0.29) is 0 Å². The molecule has 1 unspecified atom stereocenters. The lowest BCUT2D eigenvalue weighted by molar-refractivity contribution is 0.535. The van der Waals surface area contributed by atoms with Gasteiger partial charge in [-0.15, -0.1) is 10.2 Å². The zero-order valence-electron chi connectivity index (χ0n) is 9.32. The van der Waals surface area contributed by atoms with Crippen molar-refractivity contribution in [3.8, 4) is 0 Å². The molecule has 0 radical (unpaired) electrons. The van der Waals surface area contributed by atoms with Crippen molar-refractivity contribution in [2.75, 3.05) is 6.54 Å². The van der Waals surface area contributed by atoms with Crippen LogP contribution >= 0.6 is 0 Å². The summed E-state index contributed by atoms with van der Waals surface area (Å²) >= 11 is 0. The molecule has 80 valence electrons. The number of hydrogen-bond acceptors (Lipinski definition) is 3. The molecule has 1 aromatic rings. The number of nitrogens with two attached hydrogens (primary N) is 1. The molecule has 4 heteroatoms. The Morgan fingerprint density at radius 2 is 2.14 bits per heavy atom. The number of aryl methyl sites for hydroxylation is 1. The quantitative estimate of drug-likeness (QED) is 0.768. The Bertz CT molecular complexity index is 280. The fourth-order valence-electron chi connectivity index (χ4n) is 1.49. The maximum absolute atomic E-state index is 5.59. The van der Waals surface area contributed by atoms with Gasteiger partial charge in [-0.2, -0.15) is 0 Å². The van der Waals surface area contributed by atoms with Crippen LogP contribution < -0.4 is 5.73 Å². The van der Waals surface area contributed by atoms with Crippen LogP contribution in [-0.2, 0) is 13.0 Å². The second kappa shape index (κ2) is 5.10. The van der Waals surface area contributed by atoms with Crippen LogP contribution in [0.15, 0.2) is 0 Å². The molecule has 1 heterocycles. The Morgan fingerprint density at radius 3 is 2.71 bits per heavy atom. The topological polar surface area (TPSA) is 56.7 Å². The predicted octanol–water partition coefficient (Wildman–Crippen LogP) is 1.13. The molecule has 0 fully saturated rings. The Balaban J connectivity index is 2.75. The lowest BCUT2D eigenvalue weighted by atomic mass is 10.1. The maximum Gasteiger partial charge on any atom is 0.133 e. The summed E-state index contributed by atoms with van der Waals surface area (Å²) in [5.41, 5.74) is 5.59. The molecule has 1 rings (SSSR count). The van der Waals surface area contributed by atoms with Gasteiger partial charge >= 0.3 is 0 Å². The van der Waals surface area contributed by atoms with Crippen LogP contribution in [0.5, 0.6) is 0 Å². The summed E-state index contributed by atoms with van der Waals surface area (Å²) < 4.78 is 2.19. The molecular formula is C10H20N4. The van der Waals surface area contributed by atoms with E-state index < -0.39 is 0 Å². The van der Waals surface area contributed by atoms with Gasteiger partial charge in [0.1, 0.15) is 11.6 Å². The molecule has 2 N–H and O–H groups in total. The van der Waals surface area contributed by atoms with E-state index in [2.05, 4.69) is 28.6 Å². The molecule has 0 aliphatic rings. The summed E-state index contributed by atoms with van der Waals surface area (Å²) in [4.78, 5) is 0. The zero-order chi connectivity index (χ0) is 10.6. The molecule has 1 aromatic heterocycles. The predicted molar refractivity (Wildman–Crippen MR) is 57.0 cm³/mol. The lowest BCUT2D eigenvalue weighted by Gasteiger charge is -2.10. The van der Waals surface area contributed by atoms with Gasteiger partial charge in [0.05, 0.1) is 0 Å². The van der Waals surface area contributed by atoms with Crippen molar-refractivity contribution in [1.82, 2.24) is 14.8 Å². The third-order valence-electron chi connectivity index (χ3n) is 2.39. The summed E-state index contributed by atoms with van der Waals surface area (Å²) in [6.45, 7) is 8.01. The summed E-state index contributed by atoms with van der Waals surface area (Å²) in [7, 11) is 0. The van der Waals surface area contributed by atoms with E-state index in [0.29, 0.717) is 12.5 Å². The average molecular weight is 196 g/mol. The molecule has 0 saturated carbocycles. The third kappa shape index (κ3) is 2.54. The average Bonchev–Trinajstić information content (AvgIpc) is 2.50. The number of nitrogens with zero attached hydrogens (tertiary/aromatic N) is 3. The summed E-state index contributed by atoms with van der Waals surface area (Å²) in [5.74, 6) is 2.56. The second-order valence-electron chi connectivity index (χ2n) is 3.86. The first-order valence-electron chi connectivity index (χ1n) is 5.27. The molecular weight excluding hydrogens is 176 g/mol. The van der Waals surface area contributed by atoms with Gasteiger partial charge < -0.3 is 10.3 Å². The molecule has 4 nitrogen and oxygen atoms in total. The van der Waals surface area contributed by atoms with Crippen LogP contribution in [0.4, 0.5) is 0 Å². The maximum atomic E-state index is 5.59. The molecule has 0 saturated heterocycles. The zero-order valence-corrected chi connectivity index (χ0v) is 9.32. The van der Waals surface area contributed by atoms with E-state index in [1.807, 2.05) is 6.92 Å². The highest BCUT2D eigenvalue weighted by molar-refractivity contribution is 4.95. The Hall–Kier alpha value is -0.900. The summed E-state index contributed by atoms with van der Waals surface area (Å²) in [6.07, 6.45) is 2.04. The molecule has 14 heavy (non-hydrogen) atoms. The monoisotopic (exact) mass is 196 g/mol. The Kier molecular flexibility index (Phi) is 4.07. The van der Waals surface area contributed by atoms with E-state index >= 15 is 0 Å². The Morgan fingerprint density at radius 1 is 1.43 bits per heavy atom. The smallest absolute Gasteiger partial charge is 0.133 e. The molecule has 0 aliphatic carbocycles. The van der Waals surface area contributed by atoms with Gasteiger partial charge in [0.25, 0.3) is 0 Å². The number of hydrogen-bond donors (Lipinski definition) is 1. The van der Waals surface area contributed by atoms with Gasteiger partial charge in [0.2, 0.25) is 0 Å². The fraction of sp³-hybridized carbons (Fsp3) is 0.800. The van der Waals surface area contributed by atoms with Crippen molar-refractivity contribution in [1.29, 1.82) is 0 Å². The van der Waals surface area contributed by atoms with Gasteiger partial charge in [0.15, 0.2) is 0 Å². The largest absolute Gasteiger partial charge is 0.330 e. The van der Waals surface area contributed by atoms with Crippen molar-refractivity contribution in [3.63, 3.8) is 0 Å². The van der Waals surface area contributed by atoms with Gasteiger partial charge in [0, 0.05) is 13.0 Å². The van der Waals surface area contributed by atoms with Crippen LogP contribution in [0.2, 0.25) is 0 Å². The highest BCUT2D eigenvalue weighted by Crippen LogP contribution is 2.08. The van der Waals surface area contributed by atoms with Crippen LogP contribution in [0, 0.1) is 12.8 Å². The molecule has 0 bridgehead atoms. The number of aromatic nitrogens is 3. The molecule has 1 atom stereocenters. The van der Waals surface area contributed by atoms with Gasteiger partial charge in [-0.3, -0.25) is 0 Å². The standard InChI is InChI=1S/C10H20N4/c1-4-5-14-9(3)12-13-10(14)6-8(2)7-11/h8H,4-7,11H2,1-3H3. The third-order valence-corrected chi connectivity index (χ3v) is 2.39. The van der Waals surface area contributed by atoms with Gasteiger partial charge in [-0.05, 0) is 25.8 Å². The van der Waals surface area contributed by atoms with Crippen molar-refractivity contribution < 1.29 is 0 Å². The van der Waals surface area contributed by atoms with E-state index in [4.69, 9.17) is 5.73 Å². The van der Waals surface area contributed by atoms with Crippen LogP contribution in [0.3, 0.4) is 0 Å². The molecule has 0 aromatic carbocycles. The van der Waals surface area contributed by atoms with Crippen LogP contribution in [0.1, 0.15) is 31.9 Å². The van der Waals surface area contributed by atoms with E-state index in [0.717, 1.165) is 31.0 Å². The minimum Gasteiger partial charge on any atom is -0.330 e. The fourth-order valence-corrected chi connectivity index (χ4v) is 1.49. The highest BCUT2D eigenvalue weighted by atomic mass is 15.3. The first-order valence-corrected chi connectivity index (χ1v) is 5.27. The second-order valence-corrected chi connectivity index (χ2v) is 3.86. The summed E-state index contributed by atoms with van der Waals surface area (Å²) in [5, 5.41) is 8.27.